The minimum absolute atomic E-state index is 0.0782. The SMILES string of the molecule is CCNC(COCC(F)F)(C(N)=O)C1CC1. The normalized spacial score (nSPS) is 19.8. The molecule has 1 atom stereocenters. The van der Waals surface area contributed by atoms with Crippen LogP contribution in [0.4, 0.5) is 8.78 Å². The molecule has 94 valence electrons. The van der Waals surface area contributed by atoms with Crippen molar-refractivity contribution in [3.8, 4) is 0 Å². The van der Waals surface area contributed by atoms with Gasteiger partial charge in [-0.05, 0) is 25.3 Å². The Morgan fingerprint density at radius 2 is 2.25 bits per heavy atom. The molecule has 16 heavy (non-hydrogen) atoms. The molecule has 1 fully saturated rings. The van der Waals surface area contributed by atoms with Crippen LogP contribution in [0.15, 0.2) is 0 Å². The minimum atomic E-state index is -2.52. The van der Waals surface area contributed by atoms with Crippen molar-refractivity contribution < 1.29 is 18.3 Å². The highest BCUT2D eigenvalue weighted by Gasteiger charge is 2.49. The van der Waals surface area contributed by atoms with Gasteiger partial charge in [-0.3, -0.25) is 4.79 Å². The summed E-state index contributed by atoms with van der Waals surface area (Å²) < 4.78 is 28.8. The topological polar surface area (TPSA) is 64.3 Å². The number of nitrogens with two attached hydrogens (primary N) is 1. The van der Waals surface area contributed by atoms with Crippen molar-refractivity contribution in [2.75, 3.05) is 19.8 Å². The zero-order valence-corrected chi connectivity index (χ0v) is 9.34. The molecule has 4 nitrogen and oxygen atoms in total. The highest BCUT2D eigenvalue weighted by atomic mass is 19.3. The highest BCUT2D eigenvalue weighted by Crippen LogP contribution is 2.39. The molecule has 0 aliphatic heterocycles. The maximum Gasteiger partial charge on any atom is 0.261 e. The Balaban J connectivity index is 2.57. The van der Waals surface area contributed by atoms with E-state index in [4.69, 9.17) is 10.5 Å². The van der Waals surface area contributed by atoms with Crippen LogP contribution in [0.25, 0.3) is 0 Å². The van der Waals surface area contributed by atoms with Crippen molar-refractivity contribution in [1.29, 1.82) is 0 Å². The van der Waals surface area contributed by atoms with Crippen molar-refractivity contribution in [3.63, 3.8) is 0 Å². The van der Waals surface area contributed by atoms with Gasteiger partial charge in [0.05, 0.1) is 6.61 Å². The first kappa shape index (κ1) is 13.3. The maximum absolute atomic E-state index is 12.0. The molecule has 1 aliphatic carbocycles. The first-order chi connectivity index (χ1) is 7.53. The molecule has 6 heteroatoms. The van der Waals surface area contributed by atoms with E-state index in [1.807, 2.05) is 6.92 Å². The molecular weight excluding hydrogens is 218 g/mol. The summed E-state index contributed by atoms with van der Waals surface area (Å²) in [4.78, 5) is 11.5. The first-order valence-corrected chi connectivity index (χ1v) is 5.43. The van der Waals surface area contributed by atoms with Crippen LogP contribution < -0.4 is 11.1 Å². The first-order valence-electron chi connectivity index (χ1n) is 5.43. The zero-order valence-electron chi connectivity index (χ0n) is 9.34. The van der Waals surface area contributed by atoms with E-state index in [0.29, 0.717) is 6.54 Å². The number of primary amides is 1. The number of rotatable bonds is 8. The summed E-state index contributed by atoms with van der Waals surface area (Å²) in [5.74, 6) is -0.409. The third-order valence-corrected chi connectivity index (χ3v) is 2.78. The molecule has 1 rings (SSSR count). The summed E-state index contributed by atoms with van der Waals surface area (Å²) in [5.41, 5.74) is 4.38. The van der Waals surface area contributed by atoms with Gasteiger partial charge >= 0.3 is 0 Å². The minimum Gasteiger partial charge on any atom is -0.373 e. The average molecular weight is 236 g/mol. The van der Waals surface area contributed by atoms with Crippen molar-refractivity contribution in [2.45, 2.75) is 31.7 Å². The van der Waals surface area contributed by atoms with Crippen molar-refractivity contribution >= 4 is 5.91 Å². The molecule has 0 aromatic heterocycles. The lowest BCUT2D eigenvalue weighted by Crippen LogP contribution is -2.60. The molecule has 1 saturated carbocycles. The molecule has 3 N–H and O–H groups in total. The van der Waals surface area contributed by atoms with Gasteiger partial charge in [-0.1, -0.05) is 6.92 Å². The van der Waals surface area contributed by atoms with Crippen LogP contribution in [0.1, 0.15) is 19.8 Å². The second kappa shape index (κ2) is 5.54. The van der Waals surface area contributed by atoms with Gasteiger partial charge in [0.15, 0.2) is 0 Å². The summed E-state index contributed by atoms with van der Waals surface area (Å²) in [6.07, 6.45) is -0.756. The highest BCUT2D eigenvalue weighted by molar-refractivity contribution is 5.85. The Kier molecular flexibility index (Phi) is 4.61. The van der Waals surface area contributed by atoms with E-state index in [1.165, 1.54) is 0 Å². The zero-order chi connectivity index (χ0) is 12.2. The van der Waals surface area contributed by atoms with Gasteiger partial charge < -0.3 is 15.8 Å². The number of likely N-dealkylation sites (N-methyl/N-ethyl adjacent to an activating group) is 1. The Morgan fingerprint density at radius 3 is 2.62 bits per heavy atom. The van der Waals surface area contributed by atoms with Gasteiger partial charge in [0.2, 0.25) is 5.91 Å². The summed E-state index contributed by atoms with van der Waals surface area (Å²) in [7, 11) is 0. The lowest BCUT2D eigenvalue weighted by molar-refractivity contribution is -0.129. The van der Waals surface area contributed by atoms with Gasteiger partial charge in [0, 0.05) is 0 Å². The lowest BCUT2D eigenvalue weighted by atomic mass is 9.93. The van der Waals surface area contributed by atoms with E-state index < -0.39 is 24.5 Å². The summed E-state index contributed by atoms with van der Waals surface area (Å²) in [6.45, 7) is 1.66. The number of nitrogens with one attached hydrogen (secondary N) is 1. The molecular formula is C10H18F2N2O2. The second-order valence-electron chi connectivity index (χ2n) is 4.05. The molecule has 1 amide bonds. The van der Waals surface area contributed by atoms with Gasteiger partial charge in [0.1, 0.15) is 12.1 Å². The van der Waals surface area contributed by atoms with Gasteiger partial charge in [-0.15, -0.1) is 0 Å². The average Bonchev–Trinajstić information content (AvgIpc) is 2.98. The molecule has 0 aromatic carbocycles. The molecule has 0 saturated heterocycles. The maximum atomic E-state index is 12.0. The van der Waals surface area contributed by atoms with Crippen LogP contribution >= 0.6 is 0 Å². The number of hydrogen-bond acceptors (Lipinski definition) is 3. The predicted octanol–water partition coefficient (Wildman–Crippen LogP) is 0.512. The summed E-state index contributed by atoms with van der Waals surface area (Å²) >= 11 is 0. The van der Waals surface area contributed by atoms with E-state index in [9.17, 15) is 13.6 Å². The molecule has 0 radical (unpaired) electrons. The number of hydrogen-bond donors (Lipinski definition) is 2. The fourth-order valence-electron chi connectivity index (χ4n) is 1.87. The van der Waals surface area contributed by atoms with Crippen molar-refractivity contribution in [1.82, 2.24) is 5.32 Å². The van der Waals surface area contributed by atoms with E-state index in [-0.39, 0.29) is 12.5 Å². The van der Waals surface area contributed by atoms with Crippen LogP contribution in [-0.4, -0.2) is 37.6 Å². The summed E-state index contributed by atoms with van der Waals surface area (Å²) in [5, 5.41) is 2.99. The smallest absolute Gasteiger partial charge is 0.261 e. The standard InChI is InChI=1S/C10H18F2N2O2/c1-2-14-10(9(13)15,7-3-4-7)6-16-5-8(11)12/h7-8,14H,2-6H2,1H3,(H2,13,15). The van der Waals surface area contributed by atoms with Crippen LogP contribution in [0.3, 0.4) is 0 Å². The molecule has 0 bridgehead atoms. The molecule has 0 heterocycles. The third kappa shape index (κ3) is 3.12. The Hall–Kier alpha value is -0.750. The Labute approximate surface area is 93.5 Å². The van der Waals surface area contributed by atoms with E-state index in [1.54, 1.807) is 0 Å². The largest absolute Gasteiger partial charge is 0.373 e. The monoisotopic (exact) mass is 236 g/mol. The van der Waals surface area contributed by atoms with E-state index in [0.717, 1.165) is 12.8 Å². The van der Waals surface area contributed by atoms with Crippen LogP contribution in [-0.2, 0) is 9.53 Å². The third-order valence-electron chi connectivity index (χ3n) is 2.78. The molecule has 1 unspecified atom stereocenters. The van der Waals surface area contributed by atoms with Crippen molar-refractivity contribution in [3.05, 3.63) is 0 Å². The number of alkyl halides is 2. The predicted molar refractivity (Wildman–Crippen MR) is 55.1 cm³/mol. The lowest BCUT2D eigenvalue weighted by Gasteiger charge is -2.31. The Bertz CT molecular complexity index is 247. The summed E-state index contributed by atoms with van der Waals surface area (Å²) in [6, 6.07) is 0. The van der Waals surface area contributed by atoms with Gasteiger partial charge in [0.25, 0.3) is 6.43 Å². The molecule has 0 spiro atoms. The van der Waals surface area contributed by atoms with Gasteiger partial charge in [-0.25, -0.2) is 8.78 Å². The number of amides is 1. The number of carbonyl (C=O) groups is 1. The molecule has 0 aromatic rings. The van der Waals surface area contributed by atoms with Crippen LogP contribution in [0.5, 0.6) is 0 Å². The quantitative estimate of drug-likeness (QED) is 0.645. The van der Waals surface area contributed by atoms with Crippen LogP contribution in [0, 0.1) is 5.92 Å². The number of halogens is 2. The number of carbonyl (C=O) groups excluding carboxylic acids is 1. The second-order valence-corrected chi connectivity index (χ2v) is 4.05. The van der Waals surface area contributed by atoms with E-state index >= 15 is 0 Å². The van der Waals surface area contributed by atoms with Crippen LogP contribution in [0.2, 0.25) is 0 Å². The Morgan fingerprint density at radius 1 is 1.62 bits per heavy atom. The fraction of sp³-hybridized carbons (Fsp3) is 0.900. The van der Waals surface area contributed by atoms with Crippen molar-refractivity contribution in [2.24, 2.45) is 11.7 Å². The van der Waals surface area contributed by atoms with E-state index in [2.05, 4.69) is 5.32 Å². The molecule has 1 aliphatic rings. The van der Waals surface area contributed by atoms with Gasteiger partial charge in [-0.2, -0.15) is 0 Å². The number of ether oxygens (including phenoxy) is 1. The fourth-order valence-corrected chi connectivity index (χ4v) is 1.87.